The zero-order chi connectivity index (χ0) is 29.1. The molecule has 0 fully saturated rings. The summed E-state index contributed by atoms with van der Waals surface area (Å²) < 4.78 is 34.9. The first-order valence-electron chi connectivity index (χ1n) is 13.3. The molecule has 0 aromatic heterocycles. The smallest absolute Gasteiger partial charge is 0.265 e. The standard InChI is InChI=1S/C34H26N2O5S/c37-31(23-41-28-20-19-25-13-7-8-16-27(25)21-28)35-32-29-17-9-10-18-30(29)42(39,40)36(22-24-11-3-1-4-12-24)33(32)34(38)26-14-5-2-6-15-26/h1-21H,22-23H2,(H,35,37). The first-order chi connectivity index (χ1) is 20.4. The number of ketones is 1. The highest BCUT2D eigenvalue weighted by Gasteiger charge is 2.40. The molecule has 8 heteroatoms. The van der Waals surface area contributed by atoms with Crippen molar-refractivity contribution in [2.75, 3.05) is 6.61 Å². The lowest BCUT2D eigenvalue weighted by Crippen LogP contribution is -2.41. The molecule has 0 saturated heterocycles. The van der Waals surface area contributed by atoms with Crippen molar-refractivity contribution in [2.45, 2.75) is 11.4 Å². The van der Waals surface area contributed by atoms with Gasteiger partial charge in [-0.25, -0.2) is 8.42 Å². The summed E-state index contributed by atoms with van der Waals surface area (Å²) in [6, 6.07) is 37.1. The zero-order valence-corrected chi connectivity index (χ0v) is 23.3. The second kappa shape index (κ2) is 11.3. The van der Waals surface area contributed by atoms with Gasteiger partial charge in [0.2, 0.25) is 5.78 Å². The normalized spacial score (nSPS) is 13.9. The molecule has 42 heavy (non-hydrogen) atoms. The van der Waals surface area contributed by atoms with E-state index in [1.807, 2.05) is 42.5 Å². The van der Waals surface area contributed by atoms with Crippen LogP contribution in [0, 0.1) is 0 Å². The van der Waals surface area contributed by atoms with Gasteiger partial charge in [0.05, 0.1) is 17.1 Å². The minimum absolute atomic E-state index is 0.00343. The molecule has 1 aliphatic rings. The van der Waals surface area contributed by atoms with Crippen LogP contribution in [0.25, 0.3) is 16.5 Å². The summed E-state index contributed by atoms with van der Waals surface area (Å²) in [5, 5.41) is 4.84. The summed E-state index contributed by atoms with van der Waals surface area (Å²) in [6.45, 7) is -0.444. The third kappa shape index (κ3) is 5.27. The molecule has 0 bridgehead atoms. The molecular weight excluding hydrogens is 548 g/mol. The van der Waals surface area contributed by atoms with Crippen molar-refractivity contribution in [3.8, 4) is 5.75 Å². The Morgan fingerprint density at radius 2 is 1.36 bits per heavy atom. The van der Waals surface area contributed by atoms with Crippen molar-refractivity contribution in [1.82, 2.24) is 9.62 Å². The van der Waals surface area contributed by atoms with Crippen LogP contribution in [0.3, 0.4) is 0 Å². The third-order valence-electron chi connectivity index (χ3n) is 6.99. The van der Waals surface area contributed by atoms with E-state index in [9.17, 15) is 18.0 Å². The summed E-state index contributed by atoms with van der Waals surface area (Å²) >= 11 is 0. The Bertz CT molecular complexity index is 1940. The number of rotatable bonds is 8. The molecule has 5 aromatic carbocycles. The number of ether oxygens (including phenoxy) is 1. The number of sulfonamides is 1. The van der Waals surface area contributed by atoms with Crippen LogP contribution < -0.4 is 10.1 Å². The van der Waals surface area contributed by atoms with Gasteiger partial charge >= 0.3 is 0 Å². The summed E-state index contributed by atoms with van der Waals surface area (Å²) in [7, 11) is -4.16. The predicted octanol–water partition coefficient (Wildman–Crippen LogP) is 5.79. The molecule has 0 aliphatic carbocycles. The van der Waals surface area contributed by atoms with Crippen molar-refractivity contribution in [1.29, 1.82) is 0 Å². The maximum Gasteiger partial charge on any atom is 0.265 e. The Morgan fingerprint density at radius 1 is 0.714 bits per heavy atom. The highest BCUT2D eigenvalue weighted by molar-refractivity contribution is 7.89. The molecule has 0 atom stereocenters. The van der Waals surface area contributed by atoms with Gasteiger partial charge in [-0.2, -0.15) is 0 Å². The molecule has 7 nitrogen and oxygen atoms in total. The van der Waals surface area contributed by atoms with Crippen molar-refractivity contribution < 1.29 is 22.7 Å². The molecule has 5 aromatic rings. The second-order valence-electron chi connectivity index (χ2n) is 9.76. The van der Waals surface area contributed by atoms with Gasteiger partial charge in [0.25, 0.3) is 15.9 Å². The minimum Gasteiger partial charge on any atom is -0.484 e. The van der Waals surface area contributed by atoms with Gasteiger partial charge in [0, 0.05) is 11.1 Å². The number of carbonyl (C=O) groups is 2. The van der Waals surface area contributed by atoms with Gasteiger partial charge < -0.3 is 10.1 Å². The Labute approximate surface area is 243 Å². The molecule has 0 radical (unpaired) electrons. The maximum absolute atomic E-state index is 14.0. The van der Waals surface area contributed by atoms with Crippen LogP contribution in [0.2, 0.25) is 0 Å². The third-order valence-corrected chi connectivity index (χ3v) is 8.79. The molecule has 1 heterocycles. The van der Waals surface area contributed by atoms with Gasteiger partial charge in [-0.15, -0.1) is 0 Å². The van der Waals surface area contributed by atoms with E-state index in [2.05, 4.69) is 5.32 Å². The Morgan fingerprint density at radius 3 is 2.12 bits per heavy atom. The lowest BCUT2D eigenvalue weighted by molar-refractivity contribution is -0.121. The molecule has 0 unspecified atom stereocenters. The molecule has 1 aliphatic heterocycles. The van der Waals surface area contributed by atoms with Crippen LogP contribution in [-0.4, -0.2) is 31.0 Å². The van der Waals surface area contributed by atoms with Gasteiger partial charge in [0.1, 0.15) is 11.4 Å². The van der Waals surface area contributed by atoms with Crippen LogP contribution >= 0.6 is 0 Å². The molecule has 208 valence electrons. The topological polar surface area (TPSA) is 92.8 Å². The Balaban J connectivity index is 1.41. The average molecular weight is 575 g/mol. The number of allylic oxidation sites excluding steroid dienone is 1. The number of amides is 1. The largest absolute Gasteiger partial charge is 0.484 e. The van der Waals surface area contributed by atoms with E-state index in [1.165, 1.54) is 6.07 Å². The highest BCUT2D eigenvalue weighted by Crippen LogP contribution is 2.38. The number of carbonyl (C=O) groups excluding carboxylic acids is 2. The molecule has 0 saturated carbocycles. The maximum atomic E-state index is 14.0. The summed E-state index contributed by atoms with van der Waals surface area (Å²) in [6.07, 6.45) is 0. The van der Waals surface area contributed by atoms with Crippen molar-refractivity contribution in [3.63, 3.8) is 0 Å². The van der Waals surface area contributed by atoms with Crippen LogP contribution in [0.1, 0.15) is 21.5 Å². The van der Waals surface area contributed by atoms with E-state index in [0.29, 0.717) is 16.9 Å². The van der Waals surface area contributed by atoms with Crippen molar-refractivity contribution in [2.24, 2.45) is 0 Å². The number of hydrogen-bond donors (Lipinski definition) is 1. The SMILES string of the molecule is O=C(COc1ccc2ccccc2c1)NC1=C(C(=O)c2ccccc2)N(Cc2ccccc2)S(=O)(=O)c2ccccc21. The molecule has 0 spiro atoms. The summed E-state index contributed by atoms with van der Waals surface area (Å²) in [5.74, 6) is -0.559. The first kappa shape index (κ1) is 27.0. The molecule has 1 amide bonds. The number of benzene rings is 5. The molecular formula is C34H26N2O5S. The minimum atomic E-state index is -4.16. The monoisotopic (exact) mass is 574 g/mol. The quantitative estimate of drug-likeness (QED) is 0.237. The number of nitrogens with zero attached hydrogens (tertiary/aromatic N) is 1. The fourth-order valence-electron chi connectivity index (χ4n) is 4.96. The van der Waals surface area contributed by atoms with Gasteiger partial charge in [-0.05, 0) is 34.5 Å². The Kier molecular flexibility index (Phi) is 7.29. The van der Waals surface area contributed by atoms with Gasteiger partial charge in [0.15, 0.2) is 6.61 Å². The number of fused-ring (bicyclic) bond motifs is 2. The fourth-order valence-corrected chi connectivity index (χ4v) is 6.63. The Hall–Kier alpha value is -5.21. The van der Waals surface area contributed by atoms with E-state index < -0.39 is 21.7 Å². The lowest BCUT2D eigenvalue weighted by Gasteiger charge is -2.33. The first-order valence-corrected chi connectivity index (χ1v) is 14.8. The van der Waals surface area contributed by atoms with E-state index in [0.717, 1.165) is 15.1 Å². The fraction of sp³-hybridized carbons (Fsp3) is 0.0588. The van der Waals surface area contributed by atoms with Gasteiger partial charge in [-0.1, -0.05) is 109 Å². The predicted molar refractivity (Wildman–Crippen MR) is 161 cm³/mol. The van der Waals surface area contributed by atoms with Crippen LogP contribution in [0.4, 0.5) is 0 Å². The van der Waals surface area contributed by atoms with Crippen molar-refractivity contribution >= 4 is 38.2 Å². The van der Waals surface area contributed by atoms with Crippen molar-refractivity contribution in [3.05, 3.63) is 150 Å². The van der Waals surface area contributed by atoms with E-state index in [1.54, 1.807) is 78.9 Å². The highest BCUT2D eigenvalue weighted by atomic mass is 32.2. The number of hydrogen-bond acceptors (Lipinski definition) is 5. The lowest BCUT2D eigenvalue weighted by atomic mass is 10.0. The van der Waals surface area contributed by atoms with Crippen LogP contribution in [0.5, 0.6) is 5.75 Å². The summed E-state index contributed by atoms with van der Waals surface area (Å²) in [5.41, 5.74) is 1.18. The summed E-state index contributed by atoms with van der Waals surface area (Å²) in [4.78, 5) is 27.4. The molecule has 6 rings (SSSR count). The second-order valence-corrected chi connectivity index (χ2v) is 11.6. The van der Waals surface area contributed by atoms with Crippen LogP contribution in [0.15, 0.2) is 138 Å². The van der Waals surface area contributed by atoms with E-state index in [4.69, 9.17) is 4.74 Å². The molecule has 1 N–H and O–H groups in total. The number of nitrogens with one attached hydrogen (secondary N) is 1. The van der Waals surface area contributed by atoms with E-state index >= 15 is 0 Å². The number of Topliss-reactive ketones (excluding diaryl/α,β-unsaturated/α-hetero) is 1. The van der Waals surface area contributed by atoms with E-state index in [-0.39, 0.29) is 35.0 Å². The van der Waals surface area contributed by atoms with Gasteiger partial charge in [-0.3, -0.25) is 13.9 Å². The van der Waals surface area contributed by atoms with Crippen LogP contribution in [-0.2, 0) is 21.4 Å². The average Bonchev–Trinajstić information content (AvgIpc) is 3.03. The zero-order valence-electron chi connectivity index (χ0n) is 22.4.